The Morgan fingerprint density at radius 2 is 2.11 bits per heavy atom. The second-order valence-corrected chi connectivity index (χ2v) is 4.16. The molecule has 3 aromatic rings. The summed E-state index contributed by atoms with van der Waals surface area (Å²) in [7, 11) is 1.62. The number of benzene rings is 1. The van der Waals surface area contributed by atoms with Crippen molar-refractivity contribution < 1.29 is 4.74 Å². The van der Waals surface area contributed by atoms with Gasteiger partial charge in [0, 0.05) is 17.1 Å². The second kappa shape index (κ2) is 4.97. The summed E-state index contributed by atoms with van der Waals surface area (Å²) in [5, 5.41) is 11.4. The first kappa shape index (κ1) is 11.5. The predicted octanol–water partition coefficient (Wildman–Crippen LogP) is 2.58. The molecular weight excluding hydrogens is 240 g/mol. The molecule has 0 saturated carbocycles. The fraction of sp³-hybridized carbons (Fsp3) is 0.143. The van der Waals surface area contributed by atoms with Gasteiger partial charge in [-0.05, 0) is 18.2 Å². The summed E-state index contributed by atoms with van der Waals surface area (Å²) in [5.41, 5.74) is 2.99. The monoisotopic (exact) mass is 254 g/mol. The number of pyridine rings is 1. The van der Waals surface area contributed by atoms with Crippen LogP contribution in [0.15, 0.2) is 42.6 Å². The first-order valence-corrected chi connectivity index (χ1v) is 6.03. The van der Waals surface area contributed by atoms with Crippen LogP contribution in [0.5, 0.6) is 5.88 Å². The highest BCUT2D eigenvalue weighted by Gasteiger charge is 2.03. The van der Waals surface area contributed by atoms with Gasteiger partial charge in [0.1, 0.15) is 0 Å². The standard InChI is InChI=1S/C14H14N4O/c1-19-14-7-2-4-10(17-14)8-15-12-5-3-6-13-11(12)9-16-18-13/h2-7,9,15H,8H2,1H3,(H,16,18). The molecule has 0 radical (unpaired) electrons. The lowest BCUT2D eigenvalue weighted by atomic mass is 10.2. The van der Waals surface area contributed by atoms with E-state index in [-0.39, 0.29) is 0 Å². The van der Waals surface area contributed by atoms with Crippen LogP contribution in [0.4, 0.5) is 5.69 Å². The highest BCUT2D eigenvalue weighted by atomic mass is 16.5. The number of hydrogen-bond acceptors (Lipinski definition) is 4. The number of ether oxygens (including phenoxy) is 1. The van der Waals surface area contributed by atoms with Crippen molar-refractivity contribution in [1.82, 2.24) is 15.2 Å². The fourth-order valence-electron chi connectivity index (χ4n) is 1.98. The molecule has 0 aliphatic rings. The number of anilines is 1. The molecule has 5 nitrogen and oxygen atoms in total. The minimum atomic E-state index is 0.626. The molecule has 0 spiro atoms. The van der Waals surface area contributed by atoms with Crippen LogP contribution in [0.25, 0.3) is 10.9 Å². The third kappa shape index (κ3) is 2.35. The molecular formula is C14H14N4O. The minimum Gasteiger partial charge on any atom is -0.481 e. The van der Waals surface area contributed by atoms with Crippen molar-refractivity contribution in [1.29, 1.82) is 0 Å². The third-order valence-electron chi connectivity index (χ3n) is 2.94. The normalized spacial score (nSPS) is 10.6. The Balaban J connectivity index is 1.80. The van der Waals surface area contributed by atoms with Crippen LogP contribution in [0.2, 0.25) is 0 Å². The van der Waals surface area contributed by atoms with E-state index in [9.17, 15) is 0 Å². The average molecular weight is 254 g/mol. The van der Waals surface area contributed by atoms with Crippen molar-refractivity contribution in [2.24, 2.45) is 0 Å². The highest BCUT2D eigenvalue weighted by Crippen LogP contribution is 2.21. The number of aromatic nitrogens is 3. The smallest absolute Gasteiger partial charge is 0.213 e. The first-order valence-electron chi connectivity index (χ1n) is 6.03. The lowest BCUT2D eigenvalue weighted by Gasteiger charge is -2.08. The predicted molar refractivity (Wildman–Crippen MR) is 74.2 cm³/mol. The average Bonchev–Trinajstić information content (AvgIpc) is 2.94. The molecule has 0 fully saturated rings. The molecule has 19 heavy (non-hydrogen) atoms. The second-order valence-electron chi connectivity index (χ2n) is 4.16. The number of nitrogens with zero attached hydrogens (tertiary/aromatic N) is 2. The molecule has 5 heteroatoms. The molecule has 2 heterocycles. The van der Waals surface area contributed by atoms with Gasteiger partial charge in [0.15, 0.2) is 0 Å². The van der Waals surface area contributed by atoms with Crippen LogP contribution in [0.3, 0.4) is 0 Å². The molecule has 96 valence electrons. The van der Waals surface area contributed by atoms with Gasteiger partial charge in [-0.15, -0.1) is 0 Å². The quantitative estimate of drug-likeness (QED) is 0.751. The van der Waals surface area contributed by atoms with Crippen molar-refractivity contribution >= 4 is 16.6 Å². The molecule has 0 atom stereocenters. The van der Waals surface area contributed by atoms with Crippen molar-refractivity contribution in [3.8, 4) is 5.88 Å². The first-order chi connectivity index (χ1) is 9.36. The van der Waals surface area contributed by atoms with Gasteiger partial charge in [0.05, 0.1) is 31.1 Å². The summed E-state index contributed by atoms with van der Waals surface area (Å²) in [4.78, 5) is 4.37. The Kier molecular flexibility index (Phi) is 3.02. The summed E-state index contributed by atoms with van der Waals surface area (Å²) in [6, 6.07) is 11.7. The van der Waals surface area contributed by atoms with Crippen molar-refractivity contribution in [3.05, 3.63) is 48.3 Å². The van der Waals surface area contributed by atoms with Crippen LogP contribution in [-0.4, -0.2) is 22.3 Å². The molecule has 3 rings (SSSR count). The Morgan fingerprint density at radius 1 is 1.21 bits per heavy atom. The topological polar surface area (TPSA) is 62.8 Å². The Hall–Kier alpha value is -2.56. The maximum absolute atomic E-state index is 5.11. The van der Waals surface area contributed by atoms with Gasteiger partial charge in [-0.1, -0.05) is 12.1 Å². The molecule has 1 aromatic carbocycles. The SMILES string of the molecule is COc1cccc(CNc2cccc3[nH]ncc23)n1. The van der Waals surface area contributed by atoms with Gasteiger partial charge in [-0.2, -0.15) is 5.10 Å². The molecule has 0 unspecified atom stereocenters. The molecule has 2 aromatic heterocycles. The Morgan fingerprint density at radius 3 is 3.00 bits per heavy atom. The van der Waals surface area contributed by atoms with E-state index in [4.69, 9.17) is 4.74 Å². The van der Waals surface area contributed by atoms with Crippen LogP contribution >= 0.6 is 0 Å². The van der Waals surface area contributed by atoms with E-state index in [1.165, 1.54) is 0 Å². The number of nitrogens with one attached hydrogen (secondary N) is 2. The lowest BCUT2D eigenvalue weighted by molar-refractivity contribution is 0.396. The number of rotatable bonds is 4. The van der Waals surface area contributed by atoms with Crippen LogP contribution in [0.1, 0.15) is 5.69 Å². The number of H-pyrrole nitrogens is 1. The molecule has 2 N–H and O–H groups in total. The Labute approximate surface area is 110 Å². The number of methoxy groups -OCH3 is 1. The zero-order chi connectivity index (χ0) is 13.1. The van der Waals surface area contributed by atoms with E-state index in [0.717, 1.165) is 22.3 Å². The summed E-state index contributed by atoms with van der Waals surface area (Å²) < 4.78 is 5.11. The summed E-state index contributed by atoms with van der Waals surface area (Å²) in [6.07, 6.45) is 1.82. The summed E-state index contributed by atoms with van der Waals surface area (Å²) in [5.74, 6) is 0.626. The van der Waals surface area contributed by atoms with E-state index in [2.05, 4.69) is 20.5 Å². The molecule has 0 aliphatic heterocycles. The van der Waals surface area contributed by atoms with Gasteiger partial charge >= 0.3 is 0 Å². The van der Waals surface area contributed by atoms with Gasteiger partial charge in [0.25, 0.3) is 0 Å². The van der Waals surface area contributed by atoms with E-state index in [1.807, 2.05) is 42.6 Å². The Bertz CT molecular complexity index is 692. The largest absolute Gasteiger partial charge is 0.481 e. The molecule has 0 aliphatic carbocycles. The maximum Gasteiger partial charge on any atom is 0.213 e. The van der Waals surface area contributed by atoms with Gasteiger partial charge in [-0.3, -0.25) is 5.10 Å². The van der Waals surface area contributed by atoms with E-state index in [1.54, 1.807) is 7.11 Å². The van der Waals surface area contributed by atoms with Gasteiger partial charge in [-0.25, -0.2) is 4.98 Å². The van der Waals surface area contributed by atoms with Crippen LogP contribution in [-0.2, 0) is 6.54 Å². The highest BCUT2D eigenvalue weighted by molar-refractivity contribution is 5.90. The number of fused-ring (bicyclic) bond motifs is 1. The van der Waals surface area contributed by atoms with Gasteiger partial charge in [0.2, 0.25) is 5.88 Å². The minimum absolute atomic E-state index is 0.626. The molecule has 0 saturated heterocycles. The number of hydrogen-bond donors (Lipinski definition) is 2. The van der Waals surface area contributed by atoms with Gasteiger partial charge < -0.3 is 10.1 Å². The van der Waals surface area contributed by atoms with Crippen LogP contribution in [0, 0.1) is 0 Å². The van der Waals surface area contributed by atoms with Crippen molar-refractivity contribution in [2.45, 2.75) is 6.54 Å². The van der Waals surface area contributed by atoms with E-state index >= 15 is 0 Å². The van der Waals surface area contributed by atoms with E-state index in [0.29, 0.717) is 12.4 Å². The molecule has 0 amide bonds. The number of aromatic amines is 1. The maximum atomic E-state index is 5.11. The third-order valence-corrected chi connectivity index (χ3v) is 2.94. The van der Waals surface area contributed by atoms with E-state index < -0.39 is 0 Å². The lowest BCUT2D eigenvalue weighted by Crippen LogP contribution is -2.02. The fourth-order valence-corrected chi connectivity index (χ4v) is 1.98. The van der Waals surface area contributed by atoms with Crippen molar-refractivity contribution in [2.75, 3.05) is 12.4 Å². The van der Waals surface area contributed by atoms with Crippen LogP contribution < -0.4 is 10.1 Å². The van der Waals surface area contributed by atoms with Crippen molar-refractivity contribution in [3.63, 3.8) is 0 Å². The zero-order valence-electron chi connectivity index (χ0n) is 10.6. The molecule has 0 bridgehead atoms. The zero-order valence-corrected chi connectivity index (χ0v) is 10.6. The summed E-state index contributed by atoms with van der Waals surface area (Å²) in [6.45, 7) is 0.640. The summed E-state index contributed by atoms with van der Waals surface area (Å²) >= 11 is 0.